The summed E-state index contributed by atoms with van der Waals surface area (Å²) in [7, 11) is 0. The highest BCUT2D eigenvalue weighted by Crippen LogP contribution is 2.47. The molecule has 118 valence electrons. The van der Waals surface area contributed by atoms with Gasteiger partial charge in [-0.25, -0.2) is 0 Å². The Hall–Kier alpha value is -2.79. The van der Waals surface area contributed by atoms with Gasteiger partial charge >= 0.3 is 0 Å². The van der Waals surface area contributed by atoms with Gasteiger partial charge in [-0.05, 0) is 49.0 Å². The third-order valence-corrected chi connectivity index (χ3v) is 4.74. The molecule has 1 aliphatic heterocycles. The Labute approximate surface area is 142 Å². The number of benzene rings is 2. The molecule has 0 unspecified atom stereocenters. The van der Waals surface area contributed by atoms with Crippen LogP contribution in [0, 0.1) is 17.8 Å². The van der Waals surface area contributed by atoms with Crippen LogP contribution in [-0.4, -0.2) is 11.4 Å². The monoisotopic (exact) mass is 314 g/mol. The fraction of sp³-hybridized carbons (Fsp3) is 0.227. The van der Waals surface area contributed by atoms with Crippen LogP contribution < -0.4 is 0 Å². The Balaban J connectivity index is 1.67. The first kappa shape index (κ1) is 14.8. The summed E-state index contributed by atoms with van der Waals surface area (Å²) >= 11 is 0. The normalized spacial score (nSPS) is 26.6. The fourth-order valence-electron chi connectivity index (χ4n) is 3.54. The lowest BCUT2D eigenvalue weighted by Crippen LogP contribution is -2.30. The van der Waals surface area contributed by atoms with Crippen molar-refractivity contribution >= 4 is 11.9 Å². The smallest absolute Gasteiger partial charge is 0.205 e. The van der Waals surface area contributed by atoms with Gasteiger partial charge in [-0.2, -0.15) is 0 Å². The van der Waals surface area contributed by atoms with Gasteiger partial charge in [0, 0.05) is 5.56 Å². The molecule has 1 heterocycles. The number of ether oxygens (including phenoxy) is 1. The predicted octanol–water partition coefficient (Wildman–Crippen LogP) is 4.22. The highest BCUT2D eigenvalue weighted by atomic mass is 16.5. The standard InChI is InChI=1S/C22H18O2/c23-21-19-12-7-14-22(19,15-13-17-8-3-1-4-9-17)24-20(21)16-18-10-5-2-6-11-18/h1-6,8-11,16,19H,7,12,14H2/b20-16-/t19-,22+/m1/s1. The second-order valence-corrected chi connectivity index (χ2v) is 6.34. The molecule has 0 radical (unpaired) electrons. The van der Waals surface area contributed by atoms with Crippen LogP contribution in [0.15, 0.2) is 66.4 Å². The topological polar surface area (TPSA) is 26.3 Å². The molecule has 2 aromatic carbocycles. The van der Waals surface area contributed by atoms with E-state index < -0.39 is 5.60 Å². The van der Waals surface area contributed by atoms with Crippen LogP contribution in [0.3, 0.4) is 0 Å². The Morgan fingerprint density at radius 2 is 1.75 bits per heavy atom. The summed E-state index contributed by atoms with van der Waals surface area (Å²) in [6, 6.07) is 19.7. The van der Waals surface area contributed by atoms with E-state index in [2.05, 4.69) is 11.8 Å². The lowest BCUT2D eigenvalue weighted by molar-refractivity contribution is -0.118. The quantitative estimate of drug-likeness (QED) is 0.582. The van der Waals surface area contributed by atoms with Crippen molar-refractivity contribution in [2.45, 2.75) is 24.9 Å². The van der Waals surface area contributed by atoms with Crippen molar-refractivity contribution in [2.24, 2.45) is 5.92 Å². The van der Waals surface area contributed by atoms with E-state index in [1.54, 1.807) is 0 Å². The lowest BCUT2D eigenvalue weighted by Gasteiger charge is -2.20. The molecule has 1 saturated carbocycles. The molecule has 1 aliphatic carbocycles. The molecule has 0 amide bonds. The van der Waals surface area contributed by atoms with E-state index in [1.165, 1.54) is 0 Å². The molecule has 2 heteroatoms. The highest BCUT2D eigenvalue weighted by Gasteiger charge is 2.55. The van der Waals surface area contributed by atoms with E-state index >= 15 is 0 Å². The zero-order valence-corrected chi connectivity index (χ0v) is 13.4. The molecule has 4 rings (SSSR count). The van der Waals surface area contributed by atoms with Crippen LogP contribution in [0.2, 0.25) is 0 Å². The van der Waals surface area contributed by atoms with Gasteiger partial charge in [-0.1, -0.05) is 54.5 Å². The molecular formula is C22H18O2. The highest BCUT2D eigenvalue weighted by molar-refractivity contribution is 6.02. The minimum Gasteiger partial charge on any atom is -0.470 e. The van der Waals surface area contributed by atoms with Gasteiger partial charge in [-0.15, -0.1) is 0 Å². The molecule has 1 saturated heterocycles. The minimum absolute atomic E-state index is 0.0960. The van der Waals surface area contributed by atoms with E-state index in [9.17, 15) is 4.79 Å². The van der Waals surface area contributed by atoms with Crippen LogP contribution >= 0.6 is 0 Å². The van der Waals surface area contributed by atoms with Crippen molar-refractivity contribution in [3.63, 3.8) is 0 Å². The van der Waals surface area contributed by atoms with Gasteiger partial charge in [0.2, 0.25) is 5.78 Å². The number of rotatable bonds is 1. The largest absolute Gasteiger partial charge is 0.470 e. The van der Waals surface area contributed by atoms with Gasteiger partial charge in [-0.3, -0.25) is 4.79 Å². The Bertz CT molecular complexity index is 840. The second-order valence-electron chi connectivity index (χ2n) is 6.34. The molecule has 0 aromatic heterocycles. The summed E-state index contributed by atoms with van der Waals surface area (Å²) in [4.78, 5) is 12.7. The van der Waals surface area contributed by atoms with Crippen LogP contribution in [0.1, 0.15) is 30.4 Å². The zero-order valence-electron chi connectivity index (χ0n) is 13.4. The van der Waals surface area contributed by atoms with Gasteiger partial charge in [0.15, 0.2) is 11.4 Å². The number of allylic oxidation sites excluding steroid dienone is 1. The summed E-state index contributed by atoms with van der Waals surface area (Å²) in [6.07, 6.45) is 4.49. The van der Waals surface area contributed by atoms with E-state index in [1.807, 2.05) is 66.7 Å². The summed E-state index contributed by atoms with van der Waals surface area (Å²) in [6.45, 7) is 0. The fourth-order valence-corrected chi connectivity index (χ4v) is 3.54. The summed E-state index contributed by atoms with van der Waals surface area (Å²) in [5.74, 6) is 6.90. The molecule has 2 nitrogen and oxygen atoms in total. The average molecular weight is 314 g/mol. The first-order valence-electron chi connectivity index (χ1n) is 8.35. The SMILES string of the molecule is O=C1/C(=C/c2ccccc2)O[C@]2(C#Cc3ccccc3)CCC[C@H]12. The van der Waals surface area contributed by atoms with Gasteiger partial charge < -0.3 is 4.74 Å². The van der Waals surface area contributed by atoms with Crippen LogP contribution in [0.25, 0.3) is 6.08 Å². The first-order valence-corrected chi connectivity index (χ1v) is 8.35. The maximum absolute atomic E-state index is 12.7. The van der Waals surface area contributed by atoms with Crippen molar-refractivity contribution in [2.75, 3.05) is 0 Å². The Kier molecular flexibility index (Phi) is 3.70. The molecule has 2 atom stereocenters. The van der Waals surface area contributed by atoms with E-state index in [0.717, 1.165) is 30.4 Å². The summed E-state index contributed by atoms with van der Waals surface area (Å²) in [5, 5.41) is 0. The van der Waals surface area contributed by atoms with E-state index in [0.29, 0.717) is 5.76 Å². The van der Waals surface area contributed by atoms with E-state index in [-0.39, 0.29) is 11.7 Å². The van der Waals surface area contributed by atoms with Gasteiger partial charge in [0.05, 0.1) is 5.92 Å². The van der Waals surface area contributed by atoms with Gasteiger partial charge in [0.1, 0.15) is 0 Å². The molecule has 0 bridgehead atoms. The van der Waals surface area contributed by atoms with Crippen LogP contribution in [0.4, 0.5) is 0 Å². The molecule has 24 heavy (non-hydrogen) atoms. The Morgan fingerprint density at radius 3 is 2.50 bits per heavy atom. The molecular weight excluding hydrogens is 296 g/mol. The Morgan fingerprint density at radius 1 is 1.04 bits per heavy atom. The summed E-state index contributed by atoms with van der Waals surface area (Å²) < 4.78 is 6.15. The molecule has 2 fully saturated rings. The van der Waals surface area contributed by atoms with Crippen molar-refractivity contribution < 1.29 is 9.53 Å². The van der Waals surface area contributed by atoms with Crippen molar-refractivity contribution in [1.29, 1.82) is 0 Å². The first-order chi connectivity index (χ1) is 11.8. The predicted molar refractivity (Wildman–Crippen MR) is 93.9 cm³/mol. The van der Waals surface area contributed by atoms with Crippen LogP contribution in [0.5, 0.6) is 0 Å². The van der Waals surface area contributed by atoms with Crippen molar-refractivity contribution in [3.8, 4) is 11.8 Å². The summed E-state index contributed by atoms with van der Waals surface area (Å²) in [5.41, 5.74) is 1.29. The second kappa shape index (κ2) is 6.02. The number of ketones is 1. The lowest BCUT2D eigenvalue weighted by atomic mass is 9.90. The molecule has 0 spiro atoms. The number of carbonyl (C=O) groups is 1. The molecule has 2 aromatic rings. The zero-order chi connectivity index (χ0) is 16.4. The molecule has 0 N–H and O–H groups in total. The van der Waals surface area contributed by atoms with E-state index in [4.69, 9.17) is 4.74 Å². The number of fused-ring (bicyclic) bond motifs is 1. The third-order valence-electron chi connectivity index (χ3n) is 4.74. The maximum Gasteiger partial charge on any atom is 0.205 e. The number of carbonyl (C=O) groups excluding carboxylic acids is 1. The molecule has 2 aliphatic rings. The van der Waals surface area contributed by atoms with Crippen LogP contribution in [-0.2, 0) is 9.53 Å². The van der Waals surface area contributed by atoms with Crippen molar-refractivity contribution in [1.82, 2.24) is 0 Å². The third kappa shape index (κ3) is 2.63. The number of hydrogen-bond donors (Lipinski definition) is 0. The maximum atomic E-state index is 12.7. The minimum atomic E-state index is -0.645. The van der Waals surface area contributed by atoms with Crippen molar-refractivity contribution in [3.05, 3.63) is 77.5 Å². The number of Topliss-reactive ketones (excluding diaryl/α,β-unsaturated/α-hetero) is 1. The average Bonchev–Trinajstić information content (AvgIpc) is 3.14. The number of hydrogen-bond acceptors (Lipinski definition) is 2. The van der Waals surface area contributed by atoms with Gasteiger partial charge in [0.25, 0.3) is 0 Å².